The summed E-state index contributed by atoms with van der Waals surface area (Å²) < 4.78 is 1.94. The molecule has 2 aromatic carbocycles. The minimum absolute atomic E-state index is 0.0434. The number of para-hydroxylation sites is 1. The number of nitrogens with one attached hydrogen (secondary N) is 1. The van der Waals surface area contributed by atoms with E-state index in [-0.39, 0.29) is 11.5 Å². The Labute approximate surface area is 130 Å². The molecule has 22 heavy (non-hydrogen) atoms. The van der Waals surface area contributed by atoms with Crippen LogP contribution in [0.1, 0.15) is 31.0 Å². The van der Waals surface area contributed by atoms with E-state index in [1.54, 1.807) is 0 Å². The summed E-state index contributed by atoms with van der Waals surface area (Å²) in [7, 11) is 0. The second-order valence-electron chi connectivity index (χ2n) is 5.84. The molecule has 0 saturated carbocycles. The number of hydrogen-bond donors (Lipinski definition) is 1. The standard InChI is InChI=1S/C19H20N2O/c1-13(2)18-17(15-10-5-4-6-11-15)19(22)20-21(18)16-12-8-7-9-14(16)3/h4-13H,1-3H3,(H,20,22). The SMILES string of the molecule is Cc1ccccc1-n1[nH]c(=O)c(-c2ccccc2)c1C(C)C. The molecule has 3 heteroatoms. The number of nitrogens with zero attached hydrogens (tertiary/aromatic N) is 1. The first-order valence-electron chi connectivity index (χ1n) is 7.56. The Morgan fingerprint density at radius 3 is 2.23 bits per heavy atom. The van der Waals surface area contributed by atoms with Crippen LogP contribution in [0.3, 0.4) is 0 Å². The van der Waals surface area contributed by atoms with E-state index >= 15 is 0 Å². The number of H-pyrrole nitrogens is 1. The Morgan fingerprint density at radius 1 is 0.955 bits per heavy atom. The molecule has 0 aliphatic heterocycles. The van der Waals surface area contributed by atoms with Crippen molar-refractivity contribution in [1.82, 2.24) is 9.78 Å². The fourth-order valence-corrected chi connectivity index (χ4v) is 2.88. The third kappa shape index (κ3) is 2.39. The van der Waals surface area contributed by atoms with E-state index < -0.39 is 0 Å². The summed E-state index contributed by atoms with van der Waals surface area (Å²) in [6.45, 7) is 6.29. The summed E-state index contributed by atoms with van der Waals surface area (Å²) in [5.74, 6) is 0.230. The minimum atomic E-state index is -0.0434. The van der Waals surface area contributed by atoms with Gasteiger partial charge in [-0.2, -0.15) is 0 Å². The van der Waals surface area contributed by atoms with Gasteiger partial charge < -0.3 is 0 Å². The number of aromatic amines is 1. The lowest BCUT2D eigenvalue weighted by Gasteiger charge is -2.15. The van der Waals surface area contributed by atoms with Gasteiger partial charge in [-0.3, -0.25) is 14.6 Å². The molecule has 3 rings (SSSR count). The molecule has 1 aromatic heterocycles. The topological polar surface area (TPSA) is 37.8 Å². The van der Waals surface area contributed by atoms with Gasteiger partial charge in [0, 0.05) is 0 Å². The first kappa shape index (κ1) is 14.4. The van der Waals surface area contributed by atoms with Crippen molar-refractivity contribution in [2.75, 3.05) is 0 Å². The molecule has 0 fully saturated rings. The fraction of sp³-hybridized carbons (Fsp3) is 0.211. The summed E-state index contributed by atoms with van der Waals surface area (Å²) in [5.41, 5.74) is 4.85. The van der Waals surface area contributed by atoms with Gasteiger partial charge in [0.05, 0.1) is 16.9 Å². The molecule has 0 aliphatic rings. The number of benzene rings is 2. The maximum atomic E-state index is 12.6. The molecule has 0 aliphatic carbocycles. The maximum absolute atomic E-state index is 12.6. The molecule has 0 bridgehead atoms. The van der Waals surface area contributed by atoms with E-state index in [2.05, 4.69) is 31.9 Å². The molecule has 0 saturated heterocycles. The van der Waals surface area contributed by atoms with Crippen LogP contribution in [0.5, 0.6) is 0 Å². The maximum Gasteiger partial charge on any atom is 0.272 e. The van der Waals surface area contributed by atoms with Crippen LogP contribution in [0.25, 0.3) is 16.8 Å². The third-order valence-corrected chi connectivity index (χ3v) is 3.90. The monoisotopic (exact) mass is 292 g/mol. The molecule has 0 radical (unpaired) electrons. The van der Waals surface area contributed by atoms with Gasteiger partial charge in [-0.25, -0.2) is 0 Å². The lowest BCUT2D eigenvalue weighted by Crippen LogP contribution is -2.07. The molecule has 0 unspecified atom stereocenters. The van der Waals surface area contributed by atoms with Crippen molar-refractivity contribution < 1.29 is 0 Å². The average molecular weight is 292 g/mol. The van der Waals surface area contributed by atoms with Crippen molar-refractivity contribution >= 4 is 0 Å². The highest BCUT2D eigenvalue weighted by Gasteiger charge is 2.20. The summed E-state index contributed by atoms with van der Waals surface area (Å²) in [5, 5.41) is 3.01. The first-order chi connectivity index (χ1) is 10.6. The molecule has 3 aromatic rings. The molecular formula is C19H20N2O. The van der Waals surface area contributed by atoms with E-state index in [4.69, 9.17) is 0 Å². The lowest BCUT2D eigenvalue weighted by molar-refractivity contribution is 0.729. The quantitative estimate of drug-likeness (QED) is 0.769. The molecule has 0 amide bonds. The summed E-state index contributed by atoms with van der Waals surface area (Å²) >= 11 is 0. The van der Waals surface area contributed by atoms with Crippen LogP contribution in [0.4, 0.5) is 0 Å². The summed E-state index contributed by atoms with van der Waals surface area (Å²) in [4.78, 5) is 12.6. The normalized spacial score (nSPS) is 11.1. The molecular weight excluding hydrogens is 272 g/mol. The highest BCUT2D eigenvalue weighted by Crippen LogP contribution is 2.28. The van der Waals surface area contributed by atoms with Crippen LogP contribution >= 0.6 is 0 Å². The van der Waals surface area contributed by atoms with Gasteiger partial charge in [-0.15, -0.1) is 0 Å². The molecule has 0 atom stereocenters. The second kappa shape index (κ2) is 5.68. The zero-order chi connectivity index (χ0) is 15.7. The van der Waals surface area contributed by atoms with Gasteiger partial charge in [0.15, 0.2) is 0 Å². The summed E-state index contributed by atoms with van der Waals surface area (Å²) in [6, 6.07) is 17.9. The van der Waals surface area contributed by atoms with E-state index in [1.165, 1.54) is 0 Å². The van der Waals surface area contributed by atoms with E-state index in [9.17, 15) is 4.79 Å². The predicted octanol–water partition coefficient (Wildman–Crippen LogP) is 4.26. The Balaban J connectivity index is 2.31. The van der Waals surface area contributed by atoms with Crippen molar-refractivity contribution in [2.45, 2.75) is 26.7 Å². The van der Waals surface area contributed by atoms with E-state index in [0.717, 1.165) is 28.1 Å². The van der Waals surface area contributed by atoms with E-state index in [0.29, 0.717) is 0 Å². The van der Waals surface area contributed by atoms with Crippen LogP contribution in [-0.2, 0) is 0 Å². The highest BCUT2D eigenvalue weighted by molar-refractivity contribution is 5.67. The van der Waals surface area contributed by atoms with Crippen molar-refractivity contribution in [2.24, 2.45) is 0 Å². The smallest absolute Gasteiger partial charge is 0.267 e. The van der Waals surface area contributed by atoms with Crippen molar-refractivity contribution in [3.63, 3.8) is 0 Å². The number of aromatic nitrogens is 2. The van der Waals surface area contributed by atoms with Gasteiger partial charge in [-0.05, 0) is 30.0 Å². The Morgan fingerprint density at radius 2 is 1.59 bits per heavy atom. The van der Waals surface area contributed by atoms with Crippen molar-refractivity contribution in [3.05, 3.63) is 76.2 Å². The molecule has 112 valence electrons. The van der Waals surface area contributed by atoms with Crippen LogP contribution in [0.2, 0.25) is 0 Å². The van der Waals surface area contributed by atoms with Gasteiger partial charge in [-0.1, -0.05) is 62.4 Å². The lowest BCUT2D eigenvalue weighted by atomic mass is 9.99. The first-order valence-corrected chi connectivity index (χ1v) is 7.56. The van der Waals surface area contributed by atoms with Gasteiger partial charge in [0.1, 0.15) is 0 Å². The molecule has 0 spiro atoms. The van der Waals surface area contributed by atoms with E-state index in [1.807, 2.05) is 53.2 Å². The van der Waals surface area contributed by atoms with Crippen LogP contribution in [0.15, 0.2) is 59.4 Å². The average Bonchev–Trinajstić information content (AvgIpc) is 2.86. The van der Waals surface area contributed by atoms with Crippen molar-refractivity contribution in [3.8, 4) is 16.8 Å². The zero-order valence-electron chi connectivity index (χ0n) is 13.1. The Bertz CT molecular complexity index is 841. The number of aryl methyl sites for hydroxylation is 1. The molecule has 1 N–H and O–H groups in total. The Kier molecular flexibility index (Phi) is 3.72. The third-order valence-electron chi connectivity index (χ3n) is 3.90. The highest BCUT2D eigenvalue weighted by atomic mass is 16.1. The van der Waals surface area contributed by atoms with Crippen LogP contribution in [0, 0.1) is 6.92 Å². The number of hydrogen-bond acceptors (Lipinski definition) is 1. The predicted molar refractivity (Wildman–Crippen MR) is 90.7 cm³/mol. The van der Waals surface area contributed by atoms with Crippen LogP contribution < -0.4 is 5.56 Å². The van der Waals surface area contributed by atoms with Gasteiger partial charge in [0.2, 0.25) is 0 Å². The molecule has 1 heterocycles. The summed E-state index contributed by atoms with van der Waals surface area (Å²) in [6.07, 6.45) is 0. The largest absolute Gasteiger partial charge is 0.272 e. The Hall–Kier alpha value is -2.55. The van der Waals surface area contributed by atoms with Crippen LogP contribution in [-0.4, -0.2) is 9.78 Å². The second-order valence-corrected chi connectivity index (χ2v) is 5.84. The van der Waals surface area contributed by atoms with Gasteiger partial charge in [0.25, 0.3) is 5.56 Å². The van der Waals surface area contributed by atoms with Gasteiger partial charge >= 0.3 is 0 Å². The van der Waals surface area contributed by atoms with Crippen molar-refractivity contribution in [1.29, 1.82) is 0 Å². The fourth-order valence-electron chi connectivity index (χ4n) is 2.88. The minimum Gasteiger partial charge on any atom is -0.267 e. The zero-order valence-corrected chi connectivity index (χ0v) is 13.1. The molecule has 3 nitrogen and oxygen atoms in total. The number of rotatable bonds is 3.